The molecule has 1 aliphatic rings. The van der Waals surface area contributed by atoms with Crippen molar-refractivity contribution in [2.75, 3.05) is 38.2 Å². The van der Waals surface area contributed by atoms with Crippen LogP contribution in [0.5, 0.6) is 5.75 Å². The van der Waals surface area contributed by atoms with Crippen molar-refractivity contribution < 1.29 is 13.9 Å². The van der Waals surface area contributed by atoms with Gasteiger partial charge >= 0.3 is 0 Å². The molecular weight excluding hydrogens is 370 g/mol. The standard InChI is InChI=1S/C21H23N5O3/c1-28-17-6-4-5-16(15-17)21-24-23-19(29-21)8-9-20(27)26-13-11-25(12-14-26)18-7-2-3-10-22-18/h2-7,10,15H,8-9,11-14H2,1H3. The number of hydrogen-bond donors (Lipinski definition) is 0. The maximum atomic E-state index is 12.6. The number of aryl methyl sites for hydroxylation is 1. The maximum absolute atomic E-state index is 12.6. The van der Waals surface area contributed by atoms with Crippen LogP contribution in [0.2, 0.25) is 0 Å². The van der Waals surface area contributed by atoms with Gasteiger partial charge in [0.15, 0.2) is 0 Å². The molecule has 0 radical (unpaired) electrons. The number of carbonyl (C=O) groups excluding carboxylic acids is 1. The minimum absolute atomic E-state index is 0.104. The summed E-state index contributed by atoms with van der Waals surface area (Å²) >= 11 is 0. The lowest BCUT2D eigenvalue weighted by Gasteiger charge is -2.35. The first-order chi connectivity index (χ1) is 14.2. The van der Waals surface area contributed by atoms with Crippen LogP contribution in [0.25, 0.3) is 11.5 Å². The number of aromatic nitrogens is 3. The van der Waals surface area contributed by atoms with Crippen LogP contribution in [-0.4, -0.2) is 59.3 Å². The molecule has 1 aromatic carbocycles. The van der Waals surface area contributed by atoms with Crippen LogP contribution in [0.15, 0.2) is 53.1 Å². The average molecular weight is 393 g/mol. The molecule has 2 aromatic heterocycles. The lowest BCUT2D eigenvalue weighted by atomic mass is 10.2. The first kappa shape index (κ1) is 18.9. The zero-order chi connectivity index (χ0) is 20.1. The third-order valence-corrected chi connectivity index (χ3v) is 4.94. The van der Waals surface area contributed by atoms with Crippen LogP contribution >= 0.6 is 0 Å². The van der Waals surface area contributed by atoms with E-state index in [1.165, 1.54) is 0 Å². The third-order valence-electron chi connectivity index (χ3n) is 4.94. The zero-order valence-electron chi connectivity index (χ0n) is 16.3. The van der Waals surface area contributed by atoms with E-state index in [4.69, 9.17) is 9.15 Å². The smallest absolute Gasteiger partial charge is 0.247 e. The van der Waals surface area contributed by atoms with Gasteiger partial charge in [0.05, 0.1) is 7.11 Å². The van der Waals surface area contributed by atoms with Crippen molar-refractivity contribution in [3.63, 3.8) is 0 Å². The number of pyridine rings is 1. The van der Waals surface area contributed by atoms with E-state index in [1.54, 1.807) is 13.3 Å². The van der Waals surface area contributed by atoms with E-state index >= 15 is 0 Å². The molecule has 1 saturated heterocycles. The molecule has 1 fully saturated rings. The van der Waals surface area contributed by atoms with Gasteiger partial charge in [0.2, 0.25) is 17.7 Å². The summed E-state index contributed by atoms with van der Waals surface area (Å²) in [6.45, 7) is 2.94. The molecule has 3 aromatic rings. The van der Waals surface area contributed by atoms with Crippen molar-refractivity contribution in [2.24, 2.45) is 0 Å². The van der Waals surface area contributed by atoms with Crippen molar-refractivity contribution in [3.05, 3.63) is 54.6 Å². The molecule has 1 aliphatic heterocycles. The highest BCUT2D eigenvalue weighted by Crippen LogP contribution is 2.23. The number of ether oxygens (including phenoxy) is 1. The Balaban J connectivity index is 1.29. The Morgan fingerprint density at radius 2 is 1.97 bits per heavy atom. The molecule has 0 unspecified atom stereocenters. The summed E-state index contributed by atoms with van der Waals surface area (Å²) < 4.78 is 10.9. The van der Waals surface area contributed by atoms with E-state index in [1.807, 2.05) is 47.4 Å². The minimum atomic E-state index is 0.104. The third kappa shape index (κ3) is 4.53. The molecule has 0 spiro atoms. The van der Waals surface area contributed by atoms with Gasteiger partial charge in [-0.15, -0.1) is 10.2 Å². The lowest BCUT2D eigenvalue weighted by Crippen LogP contribution is -2.49. The van der Waals surface area contributed by atoms with Crippen molar-refractivity contribution >= 4 is 11.7 Å². The van der Waals surface area contributed by atoms with Crippen molar-refractivity contribution in [1.82, 2.24) is 20.1 Å². The van der Waals surface area contributed by atoms with Gasteiger partial charge in [0.25, 0.3) is 0 Å². The summed E-state index contributed by atoms with van der Waals surface area (Å²) in [6.07, 6.45) is 2.57. The molecule has 0 N–H and O–H groups in total. The lowest BCUT2D eigenvalue weighted by molar-refractivity contribution is -0.131. The quantitative estimate of drug-likeness (QED) is 0.636. The summed E-state index contributed by atoms with van der Waals surface area (Å²) in [7, 11) is 1.61. The predicted octanol–water partition coefficient (Wildman–Crippen LogP) is 2.42. The monoisotopic (exact) mass is 393 g/mol. The van der Waals surface area contributed by atoms with Crippen LogP contribution in [-0.2, 0) is 11.2 Å². The largest absolute Gasteiger partial charge is 0.497 e. The average Bonchev–Trinajstić information content (AvgIpc) is 3.27. The number of piperazine rings is 1. The van der Waals surface area contributed by atoms with E-state index < -0.39 is 0 Å². The van der Waals surface area contributed by atoms with Crippen LogP contribution in [0.3, 0.4) is 0 Å². The van der Waals surface area contributed by atoms with Gasteiger partial charge in [-0.2, -0.15) is 0 Å². The number of carbonyl (C=O) groups is 1. The second-order valence-electron chi connectivity index (χ2n) is 6.79. The van der Waals surface area contributed by atoms with Crippen molar-refractivity contribution in [2.45, 2.75) is 12.8 Å². The SMILES string of the molecule is COc1cccc(-c2nnc(CCC(=O)N3CCN(c4ccccn4)CC3)o2)c1. The fourth-order valence-electron chi connectivity index (χ4n) is 3.33. The molecule has 8 nitrogen and oxygen atoms in total. The number of methoxy groups -OCH3 is 1. The maximum Gasteiger partial charge on any atom is 0.247 e. The molecule has 0 aliphatic carbocycles. The highest BCUT2D eigenvalue weighted by Gasteiger charge is 2.22. The van der Waals surface area contributed by atoms with Gasteiger partial charge in [-0.3, -0.25) is 4.79 Å². The normalized spacial score (nSPS) is 14.1. The molecule has 29 heavy (non-hydrogen) atoms. The Bertz CT molecular complexity index is 952. The van der Waals surface area contributed by atoms with Gasteiger partial charge < -0.3 is 19.0 Å². The van der Waals surface area contributed by atoms with Crippen LogP contribution in [0.4, 0.5) is 5.82 Å². The molecular formula is C21H23N5O3. The number of amides is 1. The molecule has 4 rings (SSSR count). The summed E-state index contributed by atoms with van der Waals surface area (Å²) in [5.41, 5.74) is 0.792. The van der Waals surface area contributed by atoms with Gasteiger partial charge in [0, 0.05) is 50.8 Å². The van der Waals surface area contributed by atoms with E-state index in [-0.39, 0.29) is 5.91 Å². The van der Waals surface area contributed by atoms with Crippen molar-refractivity contribution in [1.29, 1.82) is 0 Å². The second kappa shape index (κ2) is 8.72. The van der Waals surface area contributed by atoms with Crippen LogP contribution < -0.4 is 9.64 Å². The minimum Gasteiger partial charge on any atom is -0.497 e. The Morgan fingerprint density at radius 1 is 1.10 bits per heavy atom. The predicted molar refractivity (Wildman–Crippen MR) is 108 cm³/mol. The summed E-state index contributed by atoms with van der Waals surface area (Å²) in [4.78, 5) is 21.0. The van der Waals surface area contributed by atoms with Gasteiger partial charge in [-0.05, 0) is 30.3 Å². The molecule has 0 atom stereocenters. The van der Waals surface area contributed by atoms with Gasteiger partial charge in [0.1, 0.15) is 11.6 Å². The number of nitrogens with zero attached hydrogens (tertiary/aromatic N) is 5. The van der Waals surface area contributed by atoms with Crippen molar-refractivity contribution in [3.8, 4) is 17.2 Å². The Morgan fingerprint density at radius 3 is 2.72 bits per heavy atom. The Hall–Kier alpha value is -3.42. The number of benzene rings is 1. The molecule has 0 bridgehead atoms. The summed E-state index contributed by atoms with van der Waals surface area (Å²) in [5.74, 6) is 2.67. The van der Waals surface area contributed by atoms with Crippen LogP contribution in [0.1, 0.15) is 12.3 Å². The highest BCUT2D eigenvalue weighted by atomic mass is 16.5. The van der Waals surface area contributed by atoms with E-state index in [0.29, 0.717) is 37.7 Å². The summed E-state index contributed by atoms with van der Waals surface area (Å²) in [6, 6.07) is 13.3. The number of rotatable bonds is 6. The second-order valence-corrected chi connectivity index (χ2v) is 6.79. The highest BCUT2D eigenvalue weighted by molar-refractivity contribution is 5.76. The summed E-state index contributed by atoms with van der Waals surface area (Å²) in [5, 5.41) is 8.16. The number of hydrogen-bond acceptors (Lipinski definition) is 7. The van der Waals surface area contributed by atoms with Gasteiger partial charge in [-0.1, -0.05) is 12.1 Å². The fourth-order valence-corrected chi connectivity index (χ4v) is 3.33. The molecule has 0 saturated carbocycles. The molecule has 1 amide bonds. The fraction of sp³-hybridized carbons (Fsp3) is 0.333. The van der Waals surface area contributed by atoms with Crippen LogP contribution in [0, 0.1) is 0 Å². The molecule has 3 heterocycles. The van der Waals surface area contributed by atoms with E-state index in [2.05, 4.69) is 20.1 Å². The van der Waals surface area contributed by atoms with E-state index in [9.17, 15) is 4.79 Å². The zero-order valence-corrected chi connectivity index (χ0v) is 16.3. The number of anilines is 1. The molecule has 150 valence electrons. The molecule has 8 heteroatoms. The topological polar surface area (TPSA) is 84.6 Å². The first-order valence-electron chi connectivity index (χ1n) is 9.63. The Labute approximate surface area is 169 Å². The van der Waals surface area contributed by atoms with E-state index in [0.717, 1.165) is 30.2 Å². The first-order valence-corrected chi connectivity index (χ1v) is 9.63. The Kier molecular flexibility index (Phi) is 5.69. The van der Waals surface area contributed by atoms with Gasteiger partial charge in [-0.25, -0.2) is 4.98 Å².